The SMILES string of the molecule is COC(=O)CN(Cc1ccccc1C)C(=O)Cn1cccnc1=O. The van der Waals surface area contributed by atoms with Crippen LogP contribution >= 0.6 is 0 Å². The van der Waals surface area contributed by atoms with Gasteiger partial charge >= 0.3 is 11.7 Å². The third-order valence-electron chi connectivity index (χ3n) is 3.61. The van der Waals surface area contributed by atoms with Crippen LogP contribution in [0.5, 0.6) is 0 Å². The van der Waals surface area contributed by atoms with Gasteiger partial charge in [0, 0.05) is 18.9 Å². The molecule has 0 fully saturated rings. The molecule has 0 N–H and O–H groups in total. The van der Waals surface area contributed by atoms with Crippen LogP contribution in [0.1, 0.15) is 11.1 Å². The van der Waals surface area contributed by atoms with E-state index in [-0.39, 0.29) is 25.5 Å². The van der Waals surface area contributed by atoms with E-state index < -0.39 is 11.7 Å². The molecule has 1 amide bonds. The molecule has 0 spiro atoms. The Kier molecular flexibility index (Phi) is 5.83. The van der Waals surface area contributed by atoms with Gasteiger partial charge in [0.25, 0.3) is 0 Å². The Morgan fingerprint density at radius 2 is 2.00 bits per heavy atom. The summed E-state index contributed by atoms with van der Waals surface area (Å²) in [7, 11) is 1.27. The number of amides is 1. The summed E-state index contributed by atoms with van der Waals surface area (Å²) in [5, 5.41) is 0. The van der Waals surface area contributed by atoms with Crippen molar-refractivity contribution < 1.29 is 14.3 Å². The summed E-state index contributed by atoms with van der Waals surface area (Å²) >= 11 is 0. The third kappa shape index (κ3) is 4.52. The largest absolute Gasteiger partial charge is 0.468 e. The fraction of sp³-hybridized carbons (Fsp3) is 0.294. The number of carbonyl (C=O) groups excluding carboxylic acids is 2. The number of rotatable bonds is 6. The summed E-state index contributed by atoms with van der Waals surface area (Å²) in [4.78, 5) is 40.8. The average molecular weight is 329 g/mol. The zero-order chi connectivity index (χ0) is 17.5. The van der Waals surface area contributed by atoms with Crippen LogP contribution in [-0.2, 0) is 27.4 Å². The van der Waals surface area contributed by atoms with Gasteiger partial charge in [0.1, 0.15) is 13.1 Å². The lowest BCUT2D eigenvalue weighted by Gasteiger charge is -2.22. The first-order chi connectivity index (χ1) is 11.5. The molecule has 24 heavy (non-hydrogen) atoms. The number of esters is 1. The smallest absolute Gasteiger partial charge is 0.347 e. The van der Waals surface area contributed by atoms with Crippen LogP contribution in [0.15, 0.2) is 47.5 Å². The highest BCUT2D eigenvalue weighted by atomic mass is 16.5. The summed E-state index contributed by atoms with van der Waals surface area (Å²) in [5.74, 6) is -0.880. The van der Waals surface area contributed by atoms with Gasteiger partial charge in [-0.3, -0.25) is 14.2 Å². The standard InChI is InChI=1S/C17H19N3O4/c1-13-6-3-4-7-14(13)10-20(12-16(22)24-2)15(21)11-19-9-5-8-18-17(19)23/h3-9H,10-12H2,1-2H3. The number of aromatic nitrogens is 2. The van der Waals surface area contributed by atoms with E-state index in [1.807, 2.05) is 31.2 Å². The van der Waals surface area contributed by atoms with Crippen molar-refractivity contribution in [3.63, 3.8) is 0 Å². The van der Waals surface area contributed by atoms with E-state index in [1.54, 1.807) is 6.07 Å². The number of hydrogen-bond acceptors (Lipinski definition) is 5. The van der Waals surface area contributed by atoms with E-state index in [1.165, 1.54) is 29.0 Å². The first-order valence-electron chi connectivity index (χ1n) is 7.42. The van der Waals surface area contributed by atoms with Crippen molar-refractivity contribution in [1.29, 1.82) is 0 Å². The van der Waals surface area contributed by atoms with E-state index >= 15 is 0 Å². The molecule has 2 aromatic rings. The quantitative estimate of drug-likeness (QED) is 0.731. The number of benzene rings is 1. The molecule has 0 aliphatic carbocycles. The van der Waals surface area contributed by atoms with Gasteiger partial charge in [-0.1, -0.05) is 24.3 Å². The number of nitrogens with zero attached hydrogens (tertiary/aromatic N) is 3. The second kappa shape index (κ2) is 8.05. The van der Waals surface area contributed by atoms with Gasteiger partial charge in [0.05, 0.1) is 7.11 Å². The fourth-order valence-electron chi connectivity index (χ4n) is 2.20. The number of hydrogen-bond donors (Lipinski definition) is 0. The van der Waals surface area contributed by atoms with Gasteiger partial charge in [-0.15, -0.1) is 0 Å². The monoisotopic (exact) mass is 329 g/mol. The molecule has 7 heteroatoms. The molecule has 0 radical (unpaired) electrons. The first kappa shape index (κ1) is 17.4. The molecular weight excluding hydrogens is 310 g/mol. The Hall–Kier alpha value is -2.96. The molecule has 0 unspecified atom stereocenters. The summed E-state index contributed by atoms with van der Waals surface area (Å²) in [6, 6.07) is 9.17. The minimum Gasteiger partial charge on any atom is -0.468 e. The normalized spacial score (nSPS) is 10.2. The van der Waals surface area contributed by atoms with E-state index in [0.717, 1.165) is 11.1 Å². The Bertz CT molecular complexity index is 785. The zero-order valence-electron chi connectivity index (χ0n) is 13.6. The van der Waals surface area contributed by atoms with Crippen molar-refractivity contribution in [2.45, 2.75) is 20.0 Å². The van der Waals surface area contributed by atoms with Crippen LogP contribution in [0, 0.1) is 6.92 Å². The molecule has 1 aromatic heterocycles. The molecule has 1 heterocycles. The van der Waals surface area contributed by atoms with Gasteiger partial charge in [-0.25, -0.2) is 9.78 Å². The molecule has 0 saturated carbocycles. The molecular formula is C17H19N3O4. The topological polar surface area (TPSA) is 81.5 Å². The van der Waals surface area contributed by atoms with E-state index in [0.29, 0.717) is 0 Å². The summed E-state index contributed by atoms with van der Waals surface area (Å²) in [5.41, 5.74) is 1.42. The van der Waals surface area contributed by atoms with E-state index in [4.69, 9.17) is 0 Å². The lowest BCUT2D eigenvalue weighted by molar-refractivity contribution is -0.147. The molecule has 126 valence electrons. The third-order valence-corrected chi connectivity index (χ3v) is 3.61. The molecule has 1 aromatic carbocycles. The van der Waals surface area contributed by atoms with Gasteiger partial charge < -0.3 is 9.64 Å². The zero-order valence-corrected chi connectivity index (χ0v) is 13.6. The minimum atomic E-state index is -0.518. The predicted molar refractivity (Wildman–Crippen MR) is 87.1 cm³/mol. The van der Waals surface area contributed by atoms with Crippen molar-refractivity contribution in [3.8, 4) is 0 Å². The van der Waals surface area contributed by atoms with Crippen molar-refractivity contribution >= 4 is 11.9 Å². The van der Waals surface area contributed by atoms with Crippen molar-refractivity contribution in [2.24, 2.45) is 0 Å². The fourth-order valence-corrected chi connectivity index (χ4v) is 2.20. The van der Waals surface area contributed by atoms with Crippen LogP contribution in [0.25, 0.3) is 0 Å². The Balaban J connectivity index is 2.20. The van der Waals surface area contributed by atoms with Crippen LogP contribution in [0.3, 0.4) is 0 Å². The molecule has 2 rings (SSSR count). The van der Waals surface area contributed by atoms with Gasteiger partial charge in [-0.2, -0.15) is 0 Å². The summed E-state index contributed by atoms with van der Waals surface area (Å²) in [6.45, 7) is 1.82. The lowest BCUT2D eigenvalue weighted by atomic mass is 10.1. The maximum atomic E-state index is 12.6. The molecule has 0 bridgehead atoms. The predicted octanol–water partition coefficient (Wildman–Crippen LogP) is 0.754. The number of carbonyl (C=O) groups is 2. The van der Waals surface area contributed by atoms with E-state index in [9.17, 15) is 14.4 Å². The van der Waals surface area contributed by atoms with Gasteiger partial charge in [0.2, 0.25) is 5.91 Å². The van der Waals surface area contributed by atoms with Crippen LogP contribution in [-0.4, -0.2) is 40.0 Å². The summed E-state index contributed by atoms with van der Waals surface area (Å²) in [6.07, 6.45) is 2.85. The molecule has 0 aliphatic rings. The van der Waals surface area contributed by atoms with E-state index in [2.05, 4.69) is 9.72 Å². The Labute approximate surface area is 139 Å². The average Bonchev–Trinajstić information content (AvgIpc) is 2.58. The number of methoxy groups -OCH3 is 1. The molecule has 7 nitrogen and oxygen atoms in total. The molecule has 0 saturated heterocycles. The maximum Gasteiger partial charge on any atom is 0.347 e. The highest BCUT2D eigenvalue weighted by Crippen LogP contribution is 2.11. The number of aryl methyl sites for hydroxylation is 1. The highest BCUT2D eigenvalue weighted by molar-refractivity contribution is 5.82. The second-order valence-electron chi connectivity index (χ2n) is 5.28. The van der Waals surface area contributed by atoms with Crippen molar-refractivity contribution in [1.82, 2.24) is 14.5 Å². The van der Waals surface area contributed by atoms with Crippen molar-refractivity contribution in [3.05, 3.63) is 64.3 Å². The lowest BCUT2D eigenvalue weighted by Crippen LogP contribution is -2.39. The molecule has 0 atom stereocenters. The van der Waals surface area contributed by atoms with Gasteiger partial charge in [0.15, 0.2) is 0 Å². The van der Waals surface area contributed by atoms with Crippen LogP contribution in [0.2, 0.25) is 0 Å². The second-order valence-corrected chi connectivity index (χ2v) is 5.28. The highest BCUT2D eigenvalue weighted by Gasteiger charge is 2.19. The van der Waals surface area contributed by atoms with Crippen LogP contribution in [0.4, 0.5) is 0 Å². The van der Waals surface area contributed by atoms with Gasteiger partial charge in [-0.05, 0) is 24.1 Å². The Morgan fingerprint density at radius 3 is 2.67 bits per heavy atom. The minimum absolute atomic E-state index is 0.182. The van der Waals surface area contributed by atoms with Crippen molar-refractivity contribution in [2.75, 3.05) is 13.7 Å². The Morgan fingerprint density at radius 1 is 1.25 bits per heavy atom. The summed E-state index contributed by atoms with van der Waals surface area (Å²) < 4.78 is 5.86. The number of ether oxygens (including phenoxy) is 1. The molecule has 0 aliphatic heterocycles. The van der Waals surface area contributed by atoms with Crippen LogP contribution < -0.4 is 5.69 Å². The first-order valence-corrected chi connectivity index (χ1v) is 7.42. The maximum absolute atomic E-state index is 12.6.